The van der Waals surface area contributed by atoms with E-state index in [9.17, 15) is 4.79 Å². The number of aliphatic hydroxyl groups is 1. The summed E-state index contributed by atoms with van der Waals surface area (Å²) in [7, 11) is 0. The molecular formula is C7H14N2O2S. The number of thioether (sulfide) groups is 1. The molecule has 5 heteroatoms. The van der Waals surface area contributed by atoms with Crippen molar-refractivity contribution in [2.45, 2.75) is 18.7 Å². The van der Waals surface area contributed by atoms with E-state index in [1.54, 1.807) is 11.8 Å². The lowest BCUT2D eigenvalue weighted by molar-refractivity contribution is -0.122. The van der Waals surface area contributed by atoms with Gasteiger partial charge in [-0.05, 0) is 18.4 Å². The van der Waals surface area contributed by atoms with E-state index in [1.165, 1.54) is 0 Å². The molecule has 1 saturated heterocycles. The Kier molecular flexibility index (Phi) is 3.37. The summed E-state index contributed by atoms with van der Waals surface area (Å²) in [5.41, 5.74) is 5.18. The fourth-order valence-corrected chi connectivity index (χ4v) is 1.71. The van der Waals surface area contributed by atoms with Crippen LogP contribution in [0.3, 0.4) is 0 Å². The first-order valence-corrected chi connectivity index (χ1v) is 5.28. The highest BCUT2D eigenvalue weighted by Crippen LogP contribution is 2.22. The molecule has 3 unspecified atom stereocenters. The van der Waals surface area contributed by atoms with Gasteiger partial charge in [0, 0.05) is 0 Å². The van der Waals surface area contributed by atoms with Crippen molar-refractivity contribution < 1.29 is 9.90 Å². The van der Waals surface area contributed by atoms with Crippen molar-refractivity contribution in [1.82, 2.24) is 5.32 Å². The predicted octanol–water partition coefficient (Wildman–Crippen LogP) is -0.869. The van der Waals surface area contributed by atoms with Crippen LogP contribution >= 0.6 is 11.8 Å². The van der Waals surface area contributed by atoms with Gasteiger partial charge in [0.05, 0.1) is 12.0 Å². The van der Waals surface area contributed by atoms with Gasteiger partial charge < -0.3 is 10.8 Å². The van der Waals surface area contributed by atoms with E-state index in [2.05, 4.69) is 5.32 Å². The summed E-state index contributed by atoms with van der Waals surface area (Å²) in [6.07, 6.45) is 2.20. The second kappa shape index (κ2) is 4.11. The summed E-state index contributed by atoms with van der Waals surface area (Å²) in [5.74, 6) is 0.365. The fraction of sp³-hybridized carbons (Fsp3) is 0.857. The third-order valence-corrected chi connectivity index (χ3v) is 2.67. The standard InChI is InChI=1S/C7H14N2O2S/c1-12-3-2-4(6(8)10)5-7(11)9-5/h4-5,7,9,11H,2-3H2,1H3,(H2,8,10). The SMILES string of the molecule is CSCCC(C(N)=O)C1NC1O. The van der Waals surface area contributed by atoms with Gasteiger partial charge in [0.2, 0.25) is 5.91 Å². The smallest absolute Gasteiger partial charge is 0.222 e. The minimum absolute atomic E-state index is 0.102. The normalized spacial score (nSPS) is 29.8. The molecule has 0 aromatic carbocycles. The molecule has 12 heavy (non-hydrogen) atoms. The highest BCUT2D eigenvalue weighted by molar-refractivity contribution is 7.98. The second-order valence-electron chi connectivity index (χ2n) is 2.93. The molecule has 3 atom stereocenters. The lowest BCUT2D eigenvalue weighted by Crippen LogP contribution is -2.30. The van der Waals surface area contributed by atoms with Crippen LogP contribution in [0.2, 0.25) is 0 Å². The van der Waals surface area contributed by atoms with Gasteiger partial charge in [0.15, 0.2) is 0 Å². The van der Waals surface area contributed by atoms with Crippen LogP contribution in [0, 0.1) is 5.92 Å². The Morgan fingerprint density at radius 1 is 1.83 bits per heavy atom. The molecular weight excluding hydrogens is 176 g/mol. The van der Waals surface area contributed by atoms with Crippen molar-refractivity contribution in [3.63, 3.8) is 0 Å². The Bertz CT molecular complexity index is 177. The molecule has 0 aromatic rings. The van der Waals surface area contributed by atoms with Crippen LogP contribution in [-0.4, -0.2) is 35.3 Å². The van der Waals surface area contributed by atoms with Crippen molar-refractivity contribution in [1.29, 1.82) is 0 Å². The number of rotatable bonds is 5. The molecule has 0 aromatic heterocycles. The van der Waals surface area contributed by atoms with Gasteiger partial charge >= 0.3 is 0 Å². The Morgan fingerprint density at radius 3 is 2.75 bits per heavy atom. The molecule has 0 aliphatic carbocycles. The average molecular weight is 190 g/mol. The first-order chi connectivity index (χ1) is 5.66. The molecule has 1 fully saturated rings. The summed E-state index contributed by atoms with van der Waals surface area (Å²) < 4.78 is 0. The van der Waals surface area contributed by atoms with E-state index in [0.29, 0.717) is 0 Å². The lowest BCUT2D eigenvalue weighted by atomic mass is 10.0. The molecule has 0 bridgehead atoms. The highest BCUT2D eigenvalue weighted by Gasteiger charge is 2.43. The van der Waals surface area contributed by atoms with Crippen molar-refractivity contribution in [2.24, 2.45) is 11.7 Å². The van der Waals surface area contributed by atoms with Gasteiger partial charge in [-0.25, -0.2) is 0 Å². The third kappa shape index (κ3) is 2.36. The van der Waals surface area contributed by atoms with Gasteiger partial charge in [-0.1, -0.05) is 0 Å². The van der Waals surface area contributed by atoms with Crippen LogP contribution in [0.15, 0.2) is 0 Å². The molecule has 0 spiro atoms. The van der Waals surface area contributed by atoms with Crippen molar-refractivity contribution in [3.05, 3.63) is 0 Å². The van der Waals surface area contributed by atoms with E-state index in [1.807, 2.05) is 6.26 Å². The van der Waals surface area contributed by atoms with Crippen LogP contribution in [0.4, 0.5) is 0 Å². The minimum atomic E-state index is -0.524. The largest absolute Gasteiger partial charge is 0.377 e. The van der Waals surface area contributed by atoms with E-state index >= 15 is 0 Å². The highest BCUT2D eigenvalue weighted by atomic mass is 32.2. The van der Waals surface area contributed by atoms with Crippen molar-refractivity contribution >= 4 is 17.7 Å². The quantitative estimate of drug-likeness (QED) is 0.492. The first-order valence-electron chi connectivity index (χ1n) is 3.89. The van der Waals surface area contributed by atoms with Gasteiger partial charge in [0.1, 0.15) is 6.23 Å². The first kappa shape index (κ1) is 9.83. The van der Waals surface area contributed by atoms with Crippen LogP contribution in [0.1, 0.15) is 6.42 Å². The van der Waals surface area contributed by atoms with E-state index in [4.69, 9.17) is 10.8 Å². The lowest BCUT2D eigenvalue weighted by Gasteiger charge is -2.09. The molecule has 0 radical (unpaired) electrons. The molecule has 1 aliphatic heterocycles. The Labute approximate surface area is 75.9 Å². The van der Waals surface area contributed by atoms with Crippen LogP contribution in [0.25, 0.3) is 0 Å². The van der Waals surface area contributed by atoms with Crippen molar-refractivity contribution in [2.75, 3.05) is 12.0 Å². The number of carbonyl (C=O) groups excluding carboxylic acids is 1. The number of carbonyl (C=O) groups is 1. The maximum absolute atomic E-state index is 10.9. The Morgan fingerprint density at radius 2 is 2.42 bits per heavy atom. The Hall–Kier alpha value is -0.260. The molecule has 1 amide bonds. The molecule has 1 heterocycles. The monoisotopic (exact) mass is 190 g/mol. The number of hydrogen-bond donors (Lipinski definition) is 3. The fourth-order valence-electron chi connectivity index (χ4n) is 1.22. The summed E-state index contributed by atoms with van der Waals surface area (Å²) in [4.78, 5) is 10.9. The summed E-state index contributed by atoms with van der Waals surface area (Å²) in [5, 5.41) is 11.8. The molecule has 4 N–H and O–H groups in total. The van der Waals surface area contributed by atoms with Gasteiger partial charge in [-0.15, -0.1) is 0 Å². The van der Waals surface area contributed by atoms with Crippen LogP contribution < -0.4 is 11.1 Å². The predicted molar refractivity (Wildman–Crippen MR) is 48.6 cm³/mol. The zero-order valence-electron chi connectivity index (χ0n) is 6.99. The van der Waals surface area contributed by atoms with E-state index in [-0.39, 0.29) is 17.9 Å². The number of aliphatic hydroxyl groups excluding tert-OH is 1. The molecule has 4 nitrogen and oxygen atoms in total. The zero-order chi connectivity index (χ0) is 9.14. The van der Waals surface area contributed by atoms with E-state index < -0.39 is 6.23 Å². The topological polar surface area (TPSA) is 85.3 Å². The maximum Gasteiger partial charge on any atom is 0.222 e. The van der Waals surface area contributed by atoms with E-state index in [0.717, 1.165) is 12.2 Å². The number of hydrogen-bond acceptors (Lipinski definition) is 4. The summed E-state index contributed by atoms with van der Waals surface area (Å²) >= 11 is 1.68. The molecule has 1 aliphatic rings. The Balaban J connectivity index is 2.34. The van der Waals surface area contributed by atoms with Gasteiger partial charge in [-0.2, -0.15) is 11.8 Å². The third-order valence-electron chi connectivity index (χ3n) is 2.03. The minimum Gasteiger partial charge on any atom is -0.377 e. The second-order valence-corrected chi connectivity index (χ2v) is 3.91. The summed E-state index contributed by atoms with van der Waals surface area (Å²) in [6.45, 7) is 0. The maximum atomic E-state index is 10.9. The number of amides is 1. The van der Waals surface area contributed by atoms with Gasteiger partial charge in [-0.3, -0.25) is 10.1 Å². The zero-order valence-corrected chi connectivity index (χ0v) is 7.80. The van der Waals surface area contributed by atoms with Crippen LogP contribution in [0.5, 0.6) is 0 Å². The molecule has 0 saturated carbocycles. The number of primary amides is 1. The number of nitrogens with two attached hydrogens (primary N) is 1. The van der Waals surface area contributed by atoms with Gasteiger partial charge in [0.25, 0.3) is 0 Å². The summed E-state index contributed by atoms with van der Waals surface area (Å²) in [6, 6.07) is -0.102. The molecule has 1 rings (SSSR count). The van der Waals surface area contributed by atoms with Crippen LogP contribution in [-0.2, 0) is 4.79 Å². The molecule has 70 valence electrons. The number of nitrogens with one attached hydrogen (secondary N) is 1. The average Bonchev–Trinajstić information content (AvgIpc) is 2.67. The van der Waals surface area contributed by atoms with Crippen molar-refractivity contribution in [3.8, 4) is 0 Å².